The molecule has 18 heavy (non-hydrogen) atoms. The van der Waals surface area contributed by atoms with Gasteiger partial charge in [-0.05, 0) is 30.2 Å². The van der Waals surface area contributed by atoms with Gasteiger partial charge in [0.05, 0.1) is 13.2 Å². The van der Waals surface area contributed by atoms with Gasteiger partial charge in [0.15, 0.2) is 0 Å². The van der Waals surface area contributed by atoms with Crippen LogP contribution in [0.1, 0.15) is 22.7 Å². The number of rotatable bonds is 3. The highest BCUT2D eigenvalue weighted by molar-refractivity contribution is 5.85. The number of nitrogens with two attached hydrogens (primary N) is 1. The molecule has 2 aromatic carbocycles. The average Bonchev–Trinajstić information content (AvgIpc) is 2.39. The lowest BCUT2D eigenvalue weighted by molar-refractivity contribution is 0.414. The first-order chi connectivity index (χ1) is 8.20. The zero-order valence-electron chi connectivity index (χ0n) is 10.6. The lowest BCUT2D eigenvalue weighted by Crippen LogP contribution is -2.11. The van der Waals surface area contributed by atoms with Crippen molar-refractivity contribution in [2.24, 2.45) is 5.73 Å². The molecule has 96 valence electrons. The zero-order valence-corrected chi connectivity index (χ0v) is 11.4. The third-order valence-electron chi connectivity index (χ3n) is 2.91. The SMILES string of the molecule is COc1ccc(C(N)c2ccc(C)cc2)cc1.Cl. The maximum absolute atomic E-state index is 6.22. The van der Waals surface area contributed by atoms with Gasteiger partial charge >= 0.3 is 0 Å². The van der Waals surface area contributed by atoms with Crippen LogP contribution in [0.2, 0.25) is 0 Å². The molecule has 2 nitrogen and oxygen atoms in total. The number of aryl methyl sites for hydroxylation is 1. The topological polar surface area (TPSA) is 35.2 Å². The molecule has 0 aliphatic rings. The number of methoxy groups -OCH3 is 1. The standard InChI is InChI=1S/C15H17NO.ClH/c1-11-3-5-12(6-4-11)15(16)13-7-9-14(17-2)10-8-13;/h3-10,15H,16H2,1-2H3;1H. The Bertz CT molecular complexity index is 479. The summed E-state index contributed by atoms with van der Waals surface area (Å²) in [5.41, 5.74) is 9.68. The minimum Gasteiger partial charge on any atom is -0.497 e. The van der Waals surface area contributed by atoms with Crippen molar-refractivity contribution in [2.75, 3.05) is 7.11 Å². The van der Waals surface area contributed by atoms with Gasteiger partial charge in [-0.1, -0.05) is 42.0 Å². The van der Waals surface area contributed by atoms with Crippen LogP contribution in [-0.4, -0.2) is 7.11 Å². The van der Waals surface area contributed by atoms with Crippen LogP contribution in [0, 0.1) is 6.92 Å². The minimum absolute atomic E-state index is 0. The van der Waals surface area contributed by atoms with Crippen LogP contribution < -0.4 is 10.5 Å². The predicted molar refractivity (Wildman–Crippen MR) is 77.5 cm³/mol. The Labute approximate surface area is 114 Å². The molecule has 2 aromatic rings. The summed E-state index contributed by atoms with van der Waals surface area (Å²) in [7, 11) is 1.66. The van der Waals surface area contributed by atoms with Crippen LogP contribution >= 0.6 is 12.4 Å². The van der Waals surface area contributed by atoms with Crippen molar-refractivity contribution in [3.63, 3.8) is 0 Å². The van der Waals surface area contributed by atoms with Crippen molar-refractivity contribution >= 4 is 12.4 Å². The van der Waals surface area contributed by atoms with E-state index in [-0.39, 0.29) is 18.4 Å². The second kappa shape index (κ2) is 6.43. The summed E-state index contributed by atoms with van der Waals surface area (Å²) >= 11 is 0. The van der Waals surface area contributed by atoms with Gasteiger partial charge in [0.1, 0.15) is 5.75 Å². The molecule has 0 fully saturated rings. The maximum atomic E-state index is 6.22. The fourth-order valence-electron chi connectivity index (χ4n) is 1.78. The van der Waals surface area contributed by atoms with Crippen LogP contribution in [0.5, 0.6) is 5.75 Å². The highest BCUT2D eigenvalue weighted by Gasteiger charge is 2.08. The summed E-state index contributed by atoms with van der Waals surface area (Å²) in [5, 5.41) is 0. The van der Waals surface area contributed by atoms with Crippen LogP contribution in [0.25, 0.3) is 0 Å². The van der Waals surface area contributed by atoms with E-state index in [1.807, 2.05) is 24.3 Å². The van der Waals surface area contributed by atoms with E-state index in [1.165, 1.54) is 5.56 Å². The van der Waals surface area contributed by atoms with Gasteiger partial charge in [-0.2, -0.15) is 0 Å². The summed E-state index contributed by atoms with van der Waals surface area (Å²) in [5.74, 6) is 0.852. The molecule has 0 bridgehead atoms. The molecule has 3 heteroatoms. The van der Waals surface area contributed by atoms with Crippen molar-refractivity contribution in [2.45, 2.75) is 13.0 Å². The lowest BCUT2D eigenvalue weighted by Gasteiger charge is -2.13. The lowest BCUT2D eigenvalue weighted by atomic mass is 9.99. The molecule has 0 spiro atoms. The molecule has 0 aliphatic carbocycles. The molecular weight excluding hydrogens is 246 g/mol. The first-order valence-corrected chi connectivity index (χ1v) is 5.67. The molecule has 0 saturated heterocycles. The van der Waals surface area contributed by atoms with E-state index in [0.29, 0.717) is 0 Å². The summed E-state index contributed by atoms with van der Waals surface area (Å²) in [6.45, 7) is 2.07. The van der Waals surface area contributed by atoms with E-state index in [1.54, 1.807) is 7.11 Å². The van der Waals surface area contributed by atoms with Gasteiger partial charge in [0, 0.05) is 0 Å². The van der Waals surface area contributed by atoms with E-state index in [0.717, 1.165) is 16.9 Å². The summed E-state index contributed by atoms with van der Waals surface area (Å²) in [6, 6.07) is 16.1. The second-order valence-electron chi connectivity index (χ2n) is 4.16. The zero-order chi connectivity index (χ0) is 12.3. The van der Waals surface area contributed by atoms with Crippen molar-refractivity contribution in [3.05, 3.63) is 65.2 Å². The monoisotopic (exact) mass is 263 g/mol. The van der Waals surface area contributed by atoms with Gasteiger partial charge < -0.3 is 10.5 Å². The number of benzene rings is 2. The van der Waals surface area contributed by atoms with Crippen molar-refractivity contribution < 1.29 is 4.74 Å². The van der Waals surface area contributed by atoms with E-state index < -0.39 is 0 Å². The first kappa shape index (κ1) is 14.6. The fourth-order valence-corrected chi connectivity index (χ4v) is 1.78. The maximum Gasteiger partial charge on any atom is 0.118 e. The number of halogens is 1. The largest absolute Gasteiger partial charge is 0.497 e. The molecule has 0 heterocycles. The third-order valence-corrected chi connectivity index (χ3v) is 2.91. The summed E-state index contributed by atoms with van der Waals surface area (Å²) in [4.78, 5) is 0. The first-order valence-electron chi connectivity index (χ1n) is 5.67. The van der Waals surface area contributed by atoms with E-state index in [4.69, 9.17) is 10.5 Å². The molecule has 0 amide bonds. The van der Waals surface area contributed by atoms with Gasteiger partial charge in [-0.25, -0.2) is 0 Å². The Kier molecular flexibility index (Phi) is 5.20. The Morgan fingerprint density at radius 1 is 0.889 bits per heavy atom. The van der Waals surface area contributed by atoms with Crippen molar-refractivity contribution in [1.82, 2.24) is 0 Å². The highest BCUT2D eigenvalue weighted by atomic mass is 35.5. The Balaban J connectivity index is 0.00000162. The molecular formula is C15H18ClNO. The molecule has 2 N–H and O–H groups in total. The number of hydrogen-bond donors (Lipinski definition) is 1. The van der Waals surface area contributed by atoms with Crippen molar-refractivity contribution in [1.29, 1.82) is 0 Å². The van der Waals surface area contributed by atoms with Gasteiger partial charge in [0.2, 0.25) is 0 Å². The third kappa shape index (κ3) is 3.25. The van der Waals surface area contributed by atoms with Gasteiger partial charge in [-0.15, -0.1) is 12.4 Å². The summed E-state index contributed by atoms with van der Waals surface area (Å²) < 4.78 is 5.13. The Morgan fingerprint density at radius 2 is 1.33 bits per heavy atom. The molecule has 0 aromatic heterocycles. The fraction of sp³-hybridized carbons (Fsp3) is 0.200. The average molecular weight is 264 g/mol. The molecule has 2 rings (SSSR count). The highest BCUT2D eigenvalue weighted by Crippen LogP contribution is 2.22. The van der Waals surface area contributed by atoms with Crippen LogP contribution in [0.3, 0.4) is 0 Å². The van der Waals surface area contributed by atoms with Crippen LogP contribution in [0.4, 0.5) is 0 Å². The predicted octanol–water partition coefficient (Wildman–Crippen LogP) is 3.47. The smallest absolute Gasteiger partial charge is 0.118 e. The van der Waals surface area contributed by atoms with E-state index in [9.17, 15) is 0 Å². The quantitative estimate of drug-likeness (QED) is 0.920. The number of hydrogen-bond acceptors (Lipinski definition) is 2. The second-order valence-corrected chi connectivity index (χ2v) is 4.16. The minimum atomic E-state index is -0.0819. The normalized spacial score (nSPS) is 11.5. The molecule has 0 radical (unpaired) electrons. The van der Waals surface area contributed by atoms with Crippen molar-refractivity contribution in [3.8, 4) is 5.75 Å². The van der Waals surface area contributed by atoms with E-state index in [2.05, 4.69) is 31.2 Å². The molecule has 1 atom stereocenters. The molecule has 0 aliphatic heterocycles. The van der Waals surface area contributed by atoms with Gasteiger partial charge in [-0.3, -0.25) is 0 Å². The van der Waals surface area contributed by atoms with Gasteiger partial charge in [0.25, 0.3) is 0 Å². The molecule has 1 unspecified atom stereocenters. The summed E-state index contributed by atoms with van der Waals surface area (Å²) in [6.07, 6.45) is 0. The Hall–Kier alpha value is -1.51. The van der Waals surface area contributed by atoms with Crippen LogP contribution in [-0.2, 0) is 0 Å². The number of ether oxygens (including phenoxy) is 1. The van der Waals surface area contributed by atoms with Crippen LogP contribution in [0.15, 0.2) is 48.5 Å². The van der Waals surface area contributed by atoms with E-state index >= 15 is 0 Å². The Morgan fingerprint density at radius 3 is 1.78 bits per heavy atom. The molecule has 0 saturated carbocycles.